The van der Waals surface area contributed by atoms with Gasteiger partial charge in [-0.2, -0.15) is 0 Å². The highest BCUT2D eigenvalue weighted by Crippen LogP contribution is 2.00. The Morgan fingerprint density at radius 1 is 1.20 bits per heavy atom. The molecule has 0 fully saturated rings. The van der Waals surface area contributed by atoms with Crippen LogP contribution in [-0.4, -0.2) is 57.2 Å². The van der Waals surface area contributed by atoms with Gasteiger partial charge in [-0.15, -0.1) is 0 Å². The number of rotatable bonds is 10. The third kappa shape index (κ3) is 10.4. The van der Waals surface area contributed by atoms with E-state index in [0.717, 1.165) is 25.1 Å². The zero-order valence-electron chi connectivity index (χ0n) is 15.9. The van der Waals surface area contributed by atoms with Crippen molar-refractivity contribution in [3.8, 4) is 0 Å². The fourth-order valence-corrected chi connectivity index (χ4v) is 1.95. The summed E-state index contributed by atoms with van der Waals surface area (Å²) in [5.41, 5.74) is 1.13. The van der Waals surface area contributed by atoms with Gasteiger partial charge in [-0.1, -0.05) is 44.2 Å². The molecule has 0 spiro atoms. The number of hydrogen-bond acceptors (Lipinski definition) is 3. The highest BCUT2D eigenvalue weighted by molar-refractivity contribution is 5.86. The monoisotopic (exact) mass is 348 g/mol. The molecule has 6 heteroatoms. The standard InChI is InChI=1S/C19H32N4O2/c1-16(2)15-25-12-8-11-20-19(22-14-18(24)23(3)4)21-13-17-9-6-5-7-10-17/h5-7,9-10,16H,8,11-15H2,1-4H3,(H2,20,21,22). The number of carbonyl (C=O) groups excluding carboxylic acids is 1. The fraction of sp³-hybridized carbons (Fsp3) is 0.579. The van der Waals surface area contributed by atoms with Crippen molar-refractivity contribution in [3.63, 3.8) is 0 Å². The summed E-state index contributed by atoms with van der Waals surface area (Å²) >= 11 is 0. The van der Waals surface area contributed by atoms with Crippen molar-refractivity contribution in [2.75, 3.05) is 40.4 Å². The highest BCUT2D eigenvalue weighted by atomic mass is 16.5. The Hall–Kier alpha value is -2.08. The zero-order chi connectivity index (χ0) is 18.5. The van der Waals surface area contributed by atoms with E-state index in [1.165, 1.54) is 0 Å². The maximum Gasteiger partial charge on any atom is 0.241 e. The van der Waals surface area contributed by atoms with E-state index in [1.807, 2.05) is 30.3 Å². The van der Waals surface area contributed by atoms with Crippen molar-refractivity contribution < 1.29 is 9.53 Å². The van der Waals surface area contributed by atoms with E-state index in [1.54, 1.807) is 19.0 Å². The van der Waals surface area contributed by atoms with Crippen LogP contribution in [-0.2, 0) is 16.1 Å². The molecule has 6 nitrogen and oxygen atoms in total. The third-order valence-corrected chi connectivity index (χ3v) is 3.38. The van der Waals surface area contributed by atoms with Crippen molar-refractivity contribution in [1.29, 1.82) is 0 Å². The smallest absolute Gasteiger partial charge is 0.241 e. The molecule has 0 aliphatic rings. The second-order valence-corrected chi connectivity index (χ2v) is 6.54. The quantitative estimate of drug-likeness (QED) is 0.385. The topological polar surface area (TPSA) is 66.0 Å². The number of amides is 1. The predicted octanol–water partition coefficient (Wildman–Crippen LogP) is 1.87. The third-order valence-electron chi connectivity index (χ3n) is 3.38. The lowest BCUT2D eigenvalue weighted by molar-refractivity contribution is -0.127. The lowest BCUT2D eigenvalue weighted by atomic mass is 10.2. The first kappa shape index (κ1) is 21.0. The number of carbonyl (C=O) groups is 1. The van der Waals surface area contributed by atoms with E-state index < -0.39 is 0 Å². The summed E-state index contributed by atoms with van der Waals surface area (Å²) in [7, 11) is 3.48. The number of nitrogens with zero attached hydrogens (tertiary/aromatic N) is 2. The molecule has 1 amide bonds. The molecule has 1 rings (SSSR count). The van der Waals surface area contributed by atoms with Gasteiger partial charge in [0.05, 0.1) is 13.1 Å². The molecule has 25 heavy (non-hydrogen) atoms. The van der Waals surface area contributed by atoms with Gasteiger partial charge in [-0.3, -0.25) is 4.79 Å². The van der Waals surface area contributed by atoms with Crippen molar-refractivity contribution in [2.24, 2.45) is 10.9 Å². The largest absolute Gasteiger partial charge is 0.381 e. The summed E-state index contributed by atoms with van der Waals surface area (Å²) in [5.74, 6) is 1.20. The van der Waals surface area contributed by atoms with Crippen molar-refractivity contribution in [1.82, 2.24) is 15.5 Å². The van der Waals surface area contributed by atoms with Crippen LogP contribution in [0.3, 0.4) is 0 Å². The number of benzene rings is 1. The average molecular weight is 348 g/mol. The zero-order valence-corrected chi connectivity index (χ0v) is 15.9. The maximum atomic E-state index is 11.8. The summed E-state index contributed by atoms with van der Waals surface area (Å²) in [5, 5.41) is 6.35. The van der Waals surface area contributed by atoms with E-state index in [2.05, 4.69) is 29.5 Å². The molecule has 0 bridgehead atoms. The van der Waals surface area contributed by atoms with Crippen LogP contribution >= 0.6 is 0 Å². The Labute approximate surface area is 151 Å². The summed E-state index contributed by atoms with van der Waals surface area (Å²) in [6.07, 6.45) is 0.889. The van der Waals surface area contributed by atoms with E-state index in [4.69, 9.17) is 4.74 Å². The fourth-order valence-electron chi connectivity index (χ4n) is 1.95. The molecular formula is C19H32N4O2. The van der Waals surface area contributed by atoms with E-state index in [-0.39, 0.29) is 12.5 Å². The Kier molecular flexibility index (Phi) is 10.3. The molecule has 0 saturated heterocycles. The highest BCUT2D eigenvalue weighted by Gasteiger charge is 2.05. The minimum Gasteiger partial charge on any atom is -0.381 e. The van der Waals surface area contributed by atoms with Crippen molar-refractivity contribution in [3.05, 3.63) is 35.9 Å². The maximum absolute atomic E-state index is 11.8. The predicted molar refractivity (Wildman–Crippen MR) is 103 cm³/mol. The van der Waals surface area contributed by atoms with Gasteiger partial charge in [0.15, 0.2) is 5.96 Å². The van der Waals surface area contributed by atoms with E-state index in [0.29, 0.717) is 25.0 Å². The number of ether oxygens (including phenoxy) is 1. The first-order valence-corrected chi connectivity index (χ1v) is 8.83. The minimum absolute atomic E-state index is 0.00878. The molecule has 1 aromatic rings. The SMILES string of the molecule is CC(C)COCCCNC(=NCc1ccccc1)NCC(=O)N(C)C. The molecule has 0 aromatic heterocycles. The normalized spacial score (nSPS) is 11.5. The molecule has 0 aliphatic heterocycles. The minimum atomic E-state index is 0.00878. The van der Waals surface area contributed by atoms with E-state index >= 15 is 0 Å². The van der Waals surface area contributed by atoms with Gasteiger partial charge in [0, 0.05) is 33.9 Å². The second-order valence-electron chi connectivity index (χ2n) is 6.54. The van der Waals surface area contributed by atoms with Gasteiger partial charge in [0.25, 0.3) is 0 Å². The molecule has 1 aromatic carbocycles. The summed E-state index contributed by atoms with van der Waals surface area (Å²) in [4.78, 5) is 17.9. The summed E-state index contributed by atoms with van der Waals surface area (Å²) < 4.78 is 5.57. The first-order valence-electron chi connectivity index (χ1n) is 8.83. The first-order chi connectivity index (χ1) is 12.0. The Bertz CT molecular complexity index is 515. The van der Waals surface area contributed by atoms with E-state index in [9.17, 15) is 4.79 Å². The van der Waals surface area contributed by atoms with Gasteiger partial charge < -0.3 is 20.3 Å². The summed E-state index contributed by atoms with van der Waals surface area (Å²) in [6, 6.07) is 10.0. The van der Waals surface area contributed by atoms with Crippen molar-refractivity contribution >= 4 is 11.9 Å². The number of aliphatic imine (C=N–C) groups is 1. The lowest BCUT2D eigenvalue weighted by Crippen LogP contribution is -2.43. The number of hydrogen-bond donors (Lipinski definition) is 2. The molecule has 0 aliphatic carbocycles. The molecular weight excluding hydrogens is 316 g/mol. The second kappa shape index (κ2) is 12.3. The molecule has 0 heterocycles. The van der Waals surface area contributed by atoms with Crippen LogP contribution in [0.1, 0.15) is 25.8 Å². The van der Waals surface area contributed by atoms with Crippen LogP contribution in [0.4, 0.5) is 0 Å². The molecule has 2 N–H and O–H groups in total. The van der Waals surface area contributed by atoms with Crippen LogP contribution < -0.4 is 10.6 Å². The van der Waals surface area contributed by atoms with Crippen LogP contribution in [0.2, 0.25) is 0 Å². The van der Waals surface area contributed by atoms with Gasteiger partial charge in [0.1, 0.15) is 0 Å². The van der Waals surface area contributed by atoms with Crippen LogP contribution in [0, 0.1) is 5.92 Å². The van der Waals surface area contributed by atoms with Gasteiger partial charge in [0.2, 0.25) is 5.91 Å². The molecule has 0 radical (unpaired) electrons. The van der Waals surface area contributed by atoms with Gasteiger partial charge >= 0.3 is 0 Å². The van der Waals surface area contributed by atoms with Gasteiger partial charge in [-0.25, -0.2) is 4.99 Å². The van der Waals surface area contributed by atoms with Crippen LogP contribution in [0.15, 0.2) is 35.3 Å². The van der Waals surface area contributed by atoms with Crippen LogP contribution in [0.5, 0.6) is 0 Å². The Balaban J connectivity index is 2.45. The average Bonchev–Trinajstić information content (AvgIpc) is 2.59. The van der Waals surface area contributed by atoms with Gasteiger partial charge in [-0.05, 0) is 17.9 Å². The molecule has 0 atom stereocenters. The van der Waals surface area contributed by atoms with Crippen molar-refractivity contribution in [2.45, 2.75) is 26.8 Å². The Morgan fingerprint density at radius 3 is 2.56 bits per heavy atom. The summed E-state index contributed by atoms with van der Waals surface area (Å²) in [6.45, 7) is 7.30. The molecule has 140 valence electrons. The number of guanidine groups is 1. The number of nitrogens with one attached hydrogen (secondary N) is 2. The molecule has 0 unspecified atom stereocenters. The number of likely N-dealkylation sites (N-methyl/N-ethyl adjacent to an activating group) is 1. The lowest BCUT2D eigenvalue weighted by Gasteiger charge is -2.15. The molecule has 0 saturated carbocycles. The Morgan fingerprint density at radius 2 is 1.92 bits per heavy atom. The van der Waals surface area contributed by atoms with Crippen LogP contribution in [0.25, 0.3) is 0 Å².